The van der Waals surface area contributed by atoms with Gasteiger partial charge < -0.3 is 5.32 Å². The van der Waals surface area contributed by atoms with Crippen molar-refractivity contribution in [1.29, 1.82) is 0 Å². The SMILES string of the molecule is CCC(C)NC(C)Cc1cc(Br)ccc1F. The summed E-state index contributed by atoms with van der Waals surface area (Å²) in [5.74, 6) is -0.124. The van der Waals surface area contributed by atoms with E-state index in [1.165, 1.54) is 6.07 Å². The maximum Gasteiger partial charge on any atom is 0.126 e. The highest BCUT2D eigenvalue weighted by atomic mass is 79.9. The molecule has 0 heterocycles. The van der Waals surface area contributed by atoms with Crippen molar-refractivity contribution < 1.29 is 4.39 Å². The second-order valence-electron chi connectivity index (χ2n) is 4.32. The van der Waals surface area contributed by atoms with Crippen molar-refractivity contribution in [2.45, 2.75) is 45.7 Å². The van der Waals surface area contributed by atoms with E-state index in [2.05, 4.69) is 42.0 Å². The number of benzene rings is 1. The van der Waals surface area contributed by atoms with E-state index < -0.39 is 0 Å². The highest BCUT2D eigenvalue weighted by Crippen LogP contribution is 2.17. The molecule has 1 nitrogen and oxygen atoms in total. The average molecular weight is 288 g/mol. The van der Waals surface area contributed by atoms with Gasteiger partial charge in [-0.15, -0.1) is 0 Å². The van der Waals surface area contributed by atoms with E-state index in [1.54, 1.807) is 6.07 Å². The van der Waals surface area contributed by atoms with E-state index >= 15 is 0 Å². The average Bonchev–Trinajstić information content (AvgIpc) is 2.23. The molecule has 0 amide bonds. The second kappa shape index (κ2) is 6.36. The quantitative estimate of drug-likeness (QED) is 0.866. The summed E-state index contributed by atoms with van der Waals surface area (Å²) < 4.78 is 14.4. The van der Waals surface area contributed by atoms with Gasteiger partial charge in [-0.3, -0.25) is 0 Å². The number of hydrogen-bond donors (Lipinski definition) is 1. The molecule has 0 saturated heterocycles. The molecule has 2 atom stereocenters. The maximum absolute atomic E-state index is 13.5. The minimum absolute atomic E-state index is 0.124. The van der Waals surface area contributed by atoms with Crippen LogP contribution in [0.1, 0.15) is 32.8 Å². The fourth-order valence-corrected chi connectivity index (χ4v) is 2.10. The first-order valence-electron chi connectivity index (χ1n) is 5.73. The molecule has 0 aliphatic heterocycles. The van der Waals surface area contributed by atoms with Crippen LogP contribution in [0.4, 0.5) is 4.39 Å². The van der Waals surface area contributed by atoms with Gasteiger partial charge >= 0.3 is 0 Å². The lowest BCUT2D eigenvalue weighted by atomic mass is 10.1. The summed E-state index contributed by atoms with van der Waals surface area (Å²) in [6.07, 6.45) is 1.81. The number of nitrogens with one attached hydrogen (secondary N) is 1. The first-order valence-corrected chi connectivity index (χ1v) is 6.52. The third kappa shape index (κ3) is 4.22. The van der Waals surface area contributed by atoms with Crippen molar-refractivity contribution in [1.82, 2.24) is 5.32 Å². The maximum atomic E-state index is 13.5. The zero-order valence-corrected chi connectivity index (χ0v) is 11.6. The Bertz CT molecular complexity index is 341. The van der Waals surface area contributed by atoms with Gasteiger partial charge in [0.15, 0.2) is 0 Å². The monoisotopic (exact) mass is 287 g/mol. The van der Waals surface area contributed by atoms with Crippen LogP contribution in [-0.2, 0) is 6.42 Å². The minimum atomic E-state index is -0.124. The van der Waals surface area contributed by atoms with Crippen molar-refractivity contribution in [3.05, 3.63) is 34.1 Å². The fraction of sp³-hybridized carbons (Fsp3) is 0.538. The van der Waals surface area contributed by atoms with Crippen LogP contribution in [0.5, 0.6) is 0 Å². The van der Waals surface area contributed by atoms with Crippen molar-refractivity contribution in [3.63, 3.8) is 0 Å². The summed E-state index contributed by atoms with van der Waals surface area (Å²) in [4.78, 5) is 0. The van der Waals surface area contributed by atoms with Gasteiger partial charge in [0.2, 0.25) is 0 Å². The van der Waals surface area contributed by atoms with Gasteiger partial charge in [0.25, 0.3) is 0 Å². The van der Waals surface area contributed by atoms with Gasteiger partial charge in [0.05, 0.1) is 0 Å². The van der Waals surface area contributed by atoms with Crippen LogP contribution in [0.2, 0.25) is 0 Å². The molecule has 1 N–H and O–H groups in total. The fourth-order valence-electron chi connectivity index (χ4n) is 1.69. The molecule has 0 fully saturated rings. The van der Waals surface area contributed by atoms with Gasteiger partial charge in [0, 0.05) is 16.6 Å². The van der Waals surface area contributed by atoms with Gasteiger partial charge in [-0.1, -0.05) is 22.9 Å². The summed E-state index contributed by atoms with van der Waals surface area (Å²) in [6.45, 7) is 6.38. The van der Waals surface area contributed by atoms with Gasteiger partial charge in [0.1, 0.15) is 5.82 Å². The second-order valence-corrected chi connectivity index (χ2v) is 5.23. The van der Waals surface area contributed by atoms with E-state index in [4.69, 9.17) is 0 Å². The molecule has 1 aromatic rings. The standard InChI is InChI=1S/C13H19BrFN/c1-4-9(2)16-10(3)7-11-8-12(14)5-6-13(11)15/h5-6,8-10,16H,4,7H2,1-3H3. The molecule has 0 aliphatic carbocycles. The van der Waals surface area contributed by atoms with Crippen LogP contribution in [-0.4, -0.2) is 12.1 Å². The zero-order valence-electron chi connectivity index (χ0n) is 10.1. The molecule has 0 aliphatic rings. The minimum Gasteiger partial charge on any atom is -0.311 e. The molecule has 1 rings (SSSR count). The molecule has 2 unspecified atom stereocenters. The van der Waals surface area contributed by atoms with E-state index in [0.717, 1.165) is 22.9 Å². The Morgan fingerprint density at radius 3 is 2.62 bits per heavy atom. The predicted octanol–water partition coefficient (Wildman–Crippen LogP) is 3.91. The summed E-state index contributed by atoms with van der Waals surface area (Å²) in [7, 11) is 0. The predicted molar refractivity (Wildman–Crippen MR) is 70.2 cm³/mol. The number of rotatable bonds is 5. The molecule has 0 saturated carbocycles. The first kappa shape index (κ1) is 13.7. The highest BCUT2D eigenvalue weighted by Gasteiger charge is 2.10. The van der Waals surface area contributed by atoms with Crippen molar-refractivity contribution in [2.75, 3.05) is 0 Å². The van der Waals surface area contributed by atoms with E-state index in [1.807, 2.05) is 6.07 Å². The Balaban J connectivity index is 2.61. The van der Waals surface area contributed by atoms with Crippen molar-refractivity contribution >= 4 is 15.9 Å². The lowest BCUT2D eigenvalue weighted by Gasteiger charge is -2.19. The van der Waals surface area contributed by atoms with Crippen LogP contribution in [0, 0.1) is 5.82 Å². The van der Waals surface area contributed by atoms with E-state index in [9.17, 15) is 4.39 Å². The number of hydrogen-bond acceptors (Lipinski definition) is 1. The molecule has 90 valence electrons. The van der Waals surface area contributed by atoms with Crippen LogP contribution >= 0.6 is 15.9 Å². The van der Waals surface area contributed by atoms with Crippen LogP contribution in [0.3, 0.4) is 0 Å². The van der Waals surface area contributed by atoms with Crippen molar-refractivity contribution in [2.24, 2.45) is 0 Å². The Hall–Kier alpha value is -0.410. The summed E-state index contributed by atoms with van der Waals surface area (Å²) in [5.41, 5.74) is 0.762. The lowest BCUT2D eigenvalue weighted by Crippen LogP contribution is -2.35. The Morgan fingerprint density at radius 1 is 1.31 bits per heavy atom. The zero-order chi connectivity index (χ0) is 12.1. The normalized spacial score (nSPS) is 14.8. The van der Waals surface area contributed by atoms with E-state index in [0.29, 0.717) is 12.1 Å². The van der Waals surface area contributed by atoms with Crippen LogP contribution in [0.25, 0.3) is 0 Å². The molecule has 0 aromatic heterocycles. The van der Waals surface area contributed by atoms with E-state index in [-0.39, 0.29) is 5.82 Å². The molecule has 3 heteroatoms. The van der Waals surface area contributed by atoms with Gasteiger partial charge in [-0.05, 0) is 50.5 Å². The Morgan fingerprint density at radius 2 is 2.00 bits per heavy atom. The molecule has 0 spiro atoms. The Kier molecular flexibility index (Phi) is 5.42. The third-order valence-electron chi connectivity index (χ3n) is 2.72. The summed E-state index contributed by atoms with van der Waals surface area (Å²) in [6, 6.07) is 5.86. The molecule has 16 heavy (non-hydrogen) atoms. The molecular formula is C13H19BrFN. The molecule has 0 radical (unpaired) electrons. The Labute approximate surface area is 106 Å². The van der Waals surface area contributed by atoms with Gasteiger partial charge in [-0.2, -0.15) is 0 Å². The summed E-state index contributed by atoms with van der Waals surface area (Å²) >= 11 is 3.36. The smallest absolute Gasteiger partial charge is 0.126 e. The first-order chi connectivity index (χ1) is 7.52. The summed E-state index contributed by atoms with van der Waals surface area (Å²) in [5, 5.41) is 3.44. The largest absolute Gasteiger partial charge is 0.311 e. The van der Waals surface area contributed by atoms with Gasteiger partial charge in [-0.25, -0.2) is 4.39 Å². The third-order valence-corrected chi connectivity index (χ3v) is 3.21. The highest BCUT2D eigenvalue weighted by molar-refractivity contribution is 9.10. The molecule has 0 bridgehead atoms. The molecule has 1 aromatic carbocycles. The molecular weight excluding hydrogens is 269 g/mol. The van der Waals surface area contributed by atoms with Crippen molar-refractivity contribution in [3.8, 4) is 0 Å². The van der Waals surface area contributed by atoms with Crippen LogP contribution in [0.15, 0.2) is 22.7 Å². The lowest BCUT2D eigenvalue weighted by molar-refractivity contribution is 0.450. The van der Waals surface area contributed by atoms with Crippen LogP contribution < -0.4 is 5.32 Å². The topological polar surface area (TPSA) is 12.0 Å². The number of halogens is 2.